The molecule has 104 valence electrons. The number of fused-ring (bicyclic) bond motifs is 1. The van der Waals surface area contributed by atoms with Crippen molar-refractivity contribution in [1.82, 2.24) is 0 Å². The first-order chi connectivity index (χ1) is 9.75. The molecule has 0 heterocycles. The maximum atomic E-state index is 6.05. The SMILES string of the molecule is NC(=S)c1ccc(OCC2CCCC2)c2ccccc12. The molecular weight excluding hydrogens is 266 g/mol. The molecule has 3 heteroatoms. The van der Waals surface area contributed by atoms with Crippen molar-refractivity contribution < 1.29 is 4.74 Å². The molecule has 0 bridgehead atoms. The van der Waals surface area contributed by atoms with E-state index in [1.807, 2.05) is 30.3 Å². The Morgan fingerprint density at radius 1 is 1.10 bits per heavy atom. The molecule has 20 heavy (non-hydrogen) atoms. The maximum Gasteiger partial charge on any atom is 0.127 e. The topological polar surface area (TPSA) is 35.2 Å². The largest absolute Gasteiger partial charge is 0.493 e. The van der Waals surface area contributed by atoms with E-state index in [4.69, 9.17) is 22.7 Å². The van der Waals surface area contributed by atoms with Gasteiger partial charge < -0.3 is 10.5 Å². The molecule has 0 saturated heterocycles. The second-order valence-corrected chi connectivity index (χ2v) is 5.92. The molecule has 0 aliphatic heterocycles. The summed E-state index contributed by atoms with van der Waals surface area (Å²) < 4.78 is 6.05. The Morgan fingerprint density at radius 2 is 1.80 bits per heavy atom. The number of benzene rings is 2. The molecule has 2 nitrogen and oxygen atoms in total. The summed E-state index contributed by atoms with van der Waals surface area (Å²) in [6.07, 6.45) is 5.27. The van der Waals surface area contributed by atoms with Crippen LogP contribution in [0.15, 0.2) is 36.4 Å². The van der Waals surface area contributed by atoms with Crippen LogP contribution in [0.5, 0.6) is 5.75 Å². The number of hydrogen-bond donors (Lipinski definition) is 1. The summed E-state index contributed by atoms with van der Waals surface area (Å²) in [6.45, 7) is 0.816. The number of rotatable bonds is 4. The van der Waals surface area contributed by atoms with E-state index in [9.17, 15) is 0 Å². The Balaban J connectivity index is 1.91. The highest BCUT2D eigenvalue weighted by Crippen LogP contribution is 2.31. The van der Waals surface area contributed by atoms with Gasteiger partial charge in [-0.05, 0) is 36.3 Å². The lowest BCUT2D eigenvalue weighted by atomic mass is 10.0. The van der Waals surface area contributed by atoms with Crippen molar-refractivity contribution in [2.75, 3.05) is 6.61 Å². The lowest BCUT2D eigenvalue weighted by Crippen LogP contribution is -2.11. The van der Waals surface area contributed by atoms with Crippen molar-refractivity contribution in [2.24, 2.45) is 11.7 Å². The van der Waals surface area contributed by atoms with Gasteiger partial charge in [0.2, 0.25) is 0 Å². The maximum absolute atomic E-state index is 6.05. The van der Waals surface area contributed by atoms with Crippen LogP contribution in [0.2, 0.25) is 0 Å². The van der Waals surface area contributed by atoms with Gasteiger partial charge in [0, 0.05) is 10.9 Å². The van der Waals surface area contributed by atoms with Gasteiger partial charge in [0.15, 0.2) is 0 Å². The molecular formula is C17H19NOS. The molecule has 2 aromatic carbocycles. The zero-order chi connectivity index (χ0) is 13.9. The van der Waals surface area contributed by atoms with Gasteiger partial charge in [0.25, 0.3) is 0 Å². The first-order valence-electron chi connectivity index (χ1n) is 7.20. The zero-order valence-corrected chi connectivity index (χ0v) is 12.3. The normalized spacial score (nSPS) is 15.6. The van der Waals surface area contributed by atoms with E-state index in [0.29, 0.717) is 10.9 Å². The molecule has 0 atom stereocenters. The summed E-state index contributed by atoms with van der Waals surface area (Å²) in [5.41, 5.74) is 6.71. The van der Waals surface area contributed by atoms with Crippen LogP contribution in [0.25, 0.3) is 10.8 Å². The van der Waals surface area contributed by atoms with E-state index in [0.717, 1.165) is 28.7 Å². The molecule has 0 unspecified atom stereocenters. The van der Waals surface area contributed by atoms with Crippen LogP contribution in [-0.4, -0.2) is 11.6 Å². The van der Waals surface area contributed by atoms with Gasteiger partial charge in [0.05, 0.1) is 6.61 Å². The van der Waals surface area contributed by atoms with Crippen molar-refractivity contribution in [2.45, 2.75) is 25.7 Å². The predicted molar refractivity (Wildman–Crippen MR) is 87.3 cm³/mol. The van der Waals surface area contributed by atoms with Crippen LogP contribution in [0.4, 0.5) is 0 Å². The van der Waals surface area contributed by atoms with E-state index in [1.54, 1.807) is 0 Å². The third kappa shape index (κ3) is 2.63. The number of thiocarbonyl (C=S) groups is 1. The van der Waals surface area contributed by atoms with Crippen molar-refractivity contribution in [1.29, 1.82) is 0 Å². The van der Waals surface area contributed by atoms with E-state index in [2.05, 4.69) is 6.07 Å². The highest BCUT2D eigenvalue weighted by molar-refractivity contribution is 7.80. The average Bonchev–Trinajstić information content (AvgIpc) is 2.97. The molecule has 0 aromatic heterocycles. The fourth-order valence-corrected chi connectivity index (χ4v) is 3.17. The lowest BCUT2D eigenvalue weighted by Gasteiger charge is -2.14. The van der Waals surface area contributed by atoms with Crippen LogP contribution in [-0.2, 0) is 0 Å². The summed E-state index contributed by atoms with van der Waals surface area (Å²) in [5.74, 6) is 1.65. The van der Waals surface area contributed by atoms with Crippen molar-refractivity contribution >= 4 is 28.0 Å². The average molecular weight is 285 g/mol. The highest BCUT2D eigenvalue weighted by atomic mass is 32.1. The van der Waals surface area contributed by atoms with E-state index in [-0.39, 0.29) is 0 Å². The smallest absolute Gasteiger partial charge is 0.127 e. The third-order valence-corrected chi connectivity index (χ3v) is 4.32. The minimum atomic E-state index is 0.434. The van der Waals surface area contributed by atoms with E-state index < -0.39 is 0 Å². The van der Waals surface area contributed by atoms with Gasteiger partial charge in [0.1, 0.15) is 10.7 Å². The van der Waals surface area contributed by atoms with Gasteiger partial charge in [-0.15, -0.1) is 0 Å². The quantitative estimate of drug-likeness (QED) is 0.861. The molecule has 1 fully saturated rings. The Hall–Kier alpha value is -1.61. The Bertz CT molecular complexity index is 632. The lowest BCUT2D eigenvalue weighted by molar-refractivity contribution is 0.255. The third-order valence-electron chi connectivity index (χ3n) is 4.10. The highest BCUT2D eigenvalue weighted by Gasteiger charge is 2.16. The molecule has 2 aromatic rings. The van der Waals surface area contributed by atoms with Gasteiger partial charge in [-0.25, -0.2) is 0 Å². The Kier molecular flexibility index (Phi) is 3.88. The first kappa shape index (κ1) is 13.4. The van der Waals surface area contributed by atoms with Crippen LogP contribution in [0.1, 0.15) is 31.2 Å². The monoisotopic (exact) mass is 285 g/mol. The summed E-state index contributed by atoms with van der Waals surface area (Å²) in [6, 6.07) is 12.1. The van der Waals surface area contributed by atoms with E-state index >= 15 is 0 Å². The van der Waals surface area contributed by atoms with Crippen LogP contribution in [0, 0.1) is 5.92 Å². The summed E-state index contributed by atoms with van der Waals surface area (Å²) in [4.78, 5) is 0.434. The minimum absolute atomic E-state index is 0.434. The van der Waals surface area contributed by atoms with Crippen LogP contribution in [0.3, 0.4) is 0 Å². The van der Waals surface area contributed by atoms with Gasteiger partial charge in [-0.1, -0.05) is 49.3 Å². The fraction of sp³-hybridized carbons (Fsp3) is 0.353. The summed E-state index contributed by atoms with van der Waals surface area (Å²) in [5, 5.41) is 2.17. The fourth-order valence-electron chi connectivity index (χ4n) is 3.00. The second kappa shape index (κ2) is 5.80. The summed E-state index contributed by atoms with van der Waals surface area (Å²) in [7, 11) is 0. The Labute approximate surface area is 124 Å². The molecule has 0 amide bonds. The number of ether oxygens (including phenoxy) is 1. The van der Waals surface area contributed by atoms with Crippen LogP contribution < -0.4 is 10.5 Å². The first-order valence-corrected chi connectivity index (χ1v) is 7.61. The summed E-state index contributed by atoms with van der Waals surface area (Å²) >= 11 is 5.12. The second-order valence-electron chi connectivity index (χ2n) is 5.48. The molecule has 0 spiro atoms. The molecule has 3 rings (SSSR count). The molecule has 2 N–H and O–H groups in total. The van der Waals surface area contributed by atoms with Gasteiger partial charge >= 0.3 is 0 Å². The number of nitrogens with two attached hydrogens (primary N) is 1. The molecule has 1 aliphatic rings. The van der Waals surface area contributed by atoms with Crippen LogP contribution >= 0.6 is 12.2 Å². The van der Waals surface area contributed by atoms with Crippen molar-refractivity contribution in [3.8, 4) is 5.75 Å². The van der Waals surface area contributed by atoms with Gasteiger partial charge in [-0.3, -0.25) is 0 Å². The zero-order valence-electron chi connectivity index (χ0n) is 11.5. The van der Waals surface area contributed by atoms with Gasteiger partial charge in [-0.2, -0.15) is 0 Å². The van der Waals surface area contributed by atoms with E-state index in [1.165, 1.54) is 25.7 Å². The molecule has 0 radical (unpaired) electrons. The number of hydrogen-bond acceptors (Lipinski definition) is 2. The molecule has 1 aliphatic carbocycles. The predicted octanol–water partition coefficient (Wildman–Crippen LogP) is 4.04. The van der Waals surface area contributed by atoms with Crippen molar-refractivity contribution in [3.05, 3.63) is 42.0 Å². The van der Waals surface area contributed by atoms with Crippen molar-refractivity contribution in [3.63, 3.8) is 0 Å². The Morgan fingerprint density at radius 3 is 2.50 bits per heavy atom. The minimum Gasteiger partial charge on any atom is -0.493 e. The molecule has 1 saturated carbocycles. The standard InChI is InChI=1S/C17H19NOS/c18-17(20)15-9-10-16(14-8-4-3-7-13(14)15)19-11-12-5-1-2-6-12/h3-4,7-10,12H,1-2,5-6,11H2,(H2,18,20).